The highest BCUT2D eigenvalue weighted by atomic mass is 32.1. The predicted octanol–water partition coefficient (Wildman–Crippen LogP) is 1.88. The molecule has 0 saturated heterocycles. The van der Waals surface area contributed by atoms with Crippen molar-refractivity contribution < 1.29 is 0 Å². The SMILES string of the molecule is Cc1nc(NN)cc(Nc2ccsc2)n1. The van der Waals surface area contributed by atoms with E-state index in [2.05, 4.69) is 20.7 Å². The standard InChI is InChI=1S/C9H11N5S/c1-6-11-8(4-9(12-6)14-10)13-7-2-3-15-5-7/h2-5H,10H2,1H3,(H2,11,12,13,14). The number of hydrogen-bond donors (Lipinski definition) is 3. The molecule has 2 rings (SSSR count). The summed E-state index contributed by atoms with van der Waals surface area (Å²) in [5.74, 6) is 7.29. The molecule has 2 aromatic heterocycles. The van der Waals surface area contributed by atoms with Gasteiger partial charge in [0.2, 0.25) is 0 Å². The van der Waals surface area contributed by atoms with Gasteiger partial charge in [-0.2, -0.15) is 11.3 Å². The first-order chi connectivity index (χ1) is 7.28. The first-order valence-electron chi connectivity index (χ1n) is 4.39. The van der Waals surface area contributed by atoms with Crippen LogP contribution in [0.25, 0.3) is 0 Å². The fourth-order valence-electron chi connectivity index (χ4n) is 1.19. The van der Waals surface area contributed by atoms with Crippen molar-refractivity contribution >= 4 is 28.7 Å². The van der Waals surface area contributed by atoms with Crippen molar-refractivity contribution in [1.29, 1.82) is 0 Å². The van der Waals surface area contributed by atoms with Crippen molar-refractivity contribution in [3.63, 3.8) is 0 Å². The molecular formula is C9H11N5S. The Balaban J connectivity index is 2.24. The molecule has 2 heterocycles. The van der Waals surface area contributed by atoms with Crippen LogP contribution >= 0.6 is 11.3 Å². The quantitative estimate of drug-likeness (QED) is 0.545. The average Bonchev–Trinajstić information content (AvgIpc) is 2.69. The Hall–Kier alpha value is -1.66. The maximum atomic E-state index is 5.29. The Morgan fingerprint density at radius 3 is 2.80 bits per heavy atom. The molecule has 0 aromatic carbocycles. The molecular weight excluding hydrogens is 210 g/mol. The fourth-order valence-corrected chi connectivity index (χ4v) is 1.78. The average molecular weight is 221 g/mol. The molecule has 6 heteroatoms. The number of hydrogen-bond acceptors (Lipinski definition) is 6. The number of rotatable bonds is 3. The molecule has 0 unspecified atom stereocenters. The summed E-state index contributed by atoms with van der Waals surface area (Å²) in [6, 6.07) is 3.74. The van der Waals surface area contributed by atoms with Gasteiger partial charge in [-0.1, -0.05) is 0 Å². The third-order valence-electron chi connectivity index (χ3n) is 1.78. The summed E-state index contributed by atoms with van der Waals surface area (Å²) < 4.78 is 0. The summed E-state index contributed by atoms with van der Waals surface area (Å²) in [5, 5.41) is 7.17. The van der Waals surface area contributed by atoms with Gasteiger partial charge in [0.1, 0.15) is 17.5 Å². The molecule has 2 aromatic rings. The maximum absolute atomic E-state index is 5.29. The number of thiophene rings is 1. The molecule has 4 N–H and O–H groups in total. The van der Waals surface area contributed by atoms with E-state index >= 15 is 0 Å². The molecule has 78 valence electrons. The minimum absolute atomic E-state index is 0.597. The van der Waals surface area contributed by atoms with Crippen LogP contribution in [0.15, 0.2) is 22.9 Å². The Morgan fingerprint density at radius 1 is 1.33 bits per heavy atom. The second-order valence-electron chi connectivity index (χ2n) is 2.97. The van der Waals surface area contributed by atoms with Gasteiger partial charge >= 0.3 is 0 Å². The molecule has 15 heavy (non-hydrogen) atoms. The first-order valence-corrected chi connectivity index (χ1v) is 5.34. The summed E-state index contributed by atoms with van der Waals surface area (Å²) in [6.07, 6.45) is 0. The van der Waals surface area contributed by atoms with Crippen LogP contribution in [0.5, 0.6) is 0 Å². The molecule has 0 spiro atoms. The van der Waals surface area contributed by atoms with Crippen LogP contribution in [-0.4, -0.2) is 9.97 Å². The molecule has 0 bridgehead atoms. The van der Waals surface area contributed by atoms with E-state index in [0.717, 1.165) is 11.5 Å². The summed E-state index contributed by atoms with van der Waals surface area (Å²) >= 11 is 1.63. The van der Waals surface area contributed by atoms with Gasteiger partial charge in [-0.3, -0.25) is 0 Å². The van der Waals surface area contributed by atoms with E-state index in [1.165, 1.54) is 0 Å². The summed E-state index contributed by atoms with van der Waals surface area (Å²) in [6.45, 7) is 1.82. The van der Waals surface area contributed by atoms with Gasteiger partial charge < -0.3 is 10.7 Å². The Kier molecular flexibility index (Phi) is 2.79. The summed E-state index contributed by atoms with van der Waals surface area (Å²) in [7, 11) is 0. The lowest BCUT2D eigenvalue weighted by molar-refractivity contribution is 1.05. The van der Waals surface area contributed by atoms with Crippen LogP contribution in [0, 0.1) is 6.92 Å². The molecule has 0 aliphatic carbocycles. The van der Waals surface area contributed by atoms with Gasteiger partial charge in [0.25, 0.3) is 0 Å². The minimum atomic E-state index is 0.597. The van der Waals surface area contributed by atoms with Crippen molar-refractivity contribution in [2.24, 2.45) is 5.84 Å². The predicted molar refractivity (Wildman–Crippen MR) is 62.2 cm³/mol. The third-order valence-corrected chi connectivity index (χ3v) is 2.46. The van der Waals surface area contributed by atoms with Crippen LogP contribution in [0.2, 0.25) is 0 Å². The number of anilines is 3. The van der Waals surface area contributed by atoms with E-state index in [9.17, 15) is 0 Å². The van der Waals surface area contributed by atoms with E-state index in [0.29, 0.717) is 11.6 Å². The van der Waals surface area contributed by atoms with E-state index in [4.69, 9.17) is 5.84 Å². The van der Waals surface area contributed by atoms with Crippen LogP contribution in [0.1, 0.15) is 5.82 Å². The lowest BCUT2D eigenvalue weighted by Gasteiger charge is -2.06. The van der Waals surface area contributed by atoms with Crippen molar-refractivity contribution in [3.05, 3.63) is 28.7 Å². The van der Waals surface area contributed by atoms with E-state index < -0.39 is 0 Å². The number of nitrogen functional groups attached to an aromatic ring is 1. The zero-order valence-electron chi connectivity index (χ0n) is 8.19. The van der Waals surface area contributed by atoms with E-state index in [1.54, 1.807) is 17.4 Å². The summed E-state index contributed by atoms with van der Waals surface area (Å²) in [5.41, 5.74) is 3.51. The van der Waals surface area contributed by atoms with Crippen molar-refractivity contribution in [1.82, 2.24) is 9.97 Å². The molecule has 0 atom stereocenters. The number of hydrazine groups is 1. The van der Waals surface area contributed by atoms with Gasteiger partial charge in [0.05, 0.1) is 5.69 Å². The zero-order valence-corrected chi connectivity index (χ0v) is 9.01. The topological polar surface area (TPSA) is 75.9 Å². The number of aromatic nitrogens is 2. The third kappa shape index (κ3) is 2.42. The minimum Gasteiger partial charge on any atom is -0.339 e. The van der Waals surface area contributed by atoms with E-state index in [-0.39, 0.29) is 0 Å². The van der Waals surface area contributed by atoms with Crippen molar-refractivity contribution in [2.75, 3.05) is 10.7 Å². The zero-order chi connectivity index (χ0) is 10.7. The summed E-state index contributed by atoms with van der Waals surface area (Å²) in [4.78, 5) is 8.34. The second kappa shape index (κ2) is 4.24. The highest BCUT2D eigenvalue weighted by molar-refractivity contribution is 7.08. The molecule has 0 saturated carbocycles. The number of aryl methyl sites for hydroxylation is 1. The Morgan fingerprint density at radius 2 is 2.13 bits per heavy atom. The number of nitrogens with one attached hydrogen (secondary N) is 2. The molecule has 0 fully saturated rings. The maximum Gasteiger partial charge on any atom is 0.145 e. The molecule has 0 aliphatic rings. The van der Waals surface area contributed by atoms with Gasteiger partial charge in [0.15, 0.2) is 0 Å². The van der Waals surface area contributed by atoms with Gasteiger partial charge in [0, 0.05) is 11.4 Å². The van der Waals surface area contributed by atoms with Crippen molar-refractivity contribution in [2.45, 2.75) is 6.92 Å². The normalized spacial score (nSPS) is 10.0. The lowest BCUT2D eigenvalue weighted by atomic mass is 10.4. The van der Waals surface area contributed by atoms with E-state index in [1.807, 2.05) is 23.8 Å². The highest BCUT2D eigenvalue weighted by Gasteiger charge is 2.01. The highest BCUT2D eigenvalue weighted by Crippen LogP contribution is 2.18. The van der Waals surface area contributed by atoms with Crippen molar-refractivity contribution in [3.8, 4) is 0 Å². The van der Waals surface area contributed by atoms with Crippen LogP contribution in [-0.2, 0) is 0 Å². The van der Waals surface area contributed by atoms with Crippen LogP contribution in [0.4, 0.5) is 17.3 Å². The molecule has 0 amide bonds. The number of nitrogens with two attached hydrogens (primary N) is 1. The fraction of sp³-hybridized carbons (Fsp3) is 0.111. The monoisotopic (exact) mass is 221 g/mol. The number of nitrogens with zero attached hydrogens (tertiary/aromatic N) is 2. The Bertz CT molecular complexity index is 440. The van der Waals surface area contributed by atoms with Gasteiger partial charge in [-0.25, -0.2) is 15.8 Å². The largest absolute Gasteiger partial charge is 0.339 e. The molecule has 0 radical (unpaired) electrons. The van der Waals surface area contributed by atoms with Crippen LogP contribution in [0.3, 0.4) is 0 Å². The molecule has 5 nitrogen and oxygen atoms in total. The lowest BCUT2D eigenvalue weighted by Crippen LogP contribution is -2.10. The smallest absolute Gasteiger partial charge is 0.145 e. The van der Waals surface area contributed by atoms with Crippen LogP contribution < -0.4 is 16.6 Å². The Labute approximate surface area is 91.3 Å². The second-order valence-corrected chi connectivity index (χ2v) is 3.75. The molecule has 0 aliphatic heterocycles. The van der Waals surface area contributed by atoms with Gasteiger partial charge in [-0.15, -0.1) is 0 Å². The van der Waals surface area contributed by atoms with Gasteiger partial charge in [-0.05, 0) is 18.4 Å². The first kappa shape index (κ1) is 9.88.